The van der Waals surface area contributed by atoms with Crippen molar-refractivity contribution in [2.75, 3.05) is 20.9 Å². The van der Waals surface area contributed by atoms with Crippen LogP contribution in [0, 0.1) is 0 Å². The highest BCUT2D eigenvalue weighted by atomic mass is 16.9. The van der Waals surface area contributed by atoms with Crippen molar-refractivity contribution in [2.45, 2.75) is 96.8 Å². The molecule has 5 nitrogen and oxygen atoms in total. The van der Waals surface area contributed by atoms with Gasteiger partial charge in [-0.25, -0.2) is 0 Å². The van der Waals surface area contributed by atoms with Crippen molar-refractivity contribution in [1.82, 2.24) is 10.5 Å². The largest absolute Gasteiger partial charge is 0.339 e. The molecule has 0 aromatic carbocycles. The Balaban J connectivity index is 3.20. The molecule has 1 N–H and O–H groups in total. The van der Waals surface area contributed by atoms with Crippen molar-refractivity contribution < 1.29 is 14.5 Å². The maximum absolute atomic E-state index is 11.6. The second-order valence-corrected chi connectivity index (χ2v) is 6.45. The molecule has 0 bridgehead atoms. The number of hydrogen-bond acceptors (Lipinski definition) is 4. The number of hydroxylamine groups is 2. The van der Waals surface area contributed by atoms with E-state index in [2.05, 4.69) is 12.2 Å². The Morgan fingerprint density at radius 1 is 0.750 bits per heavy atom. The lowest BCUT2D eigenvalue weighted by Crippen LogP contribution is -2.36. The van der Waals surface area contributed by atoms with E-state index in [0.29, 0.717) is 6.42 Å². The fourth-order valence-corrected chi connectivity index (χ4v) is 2.75. The van der Waals surface area contributed by atoms with E-state index < -0.39 is 0 Å². The molecule has 0 aliphatic rings. The number of amides is 1. The average Bonchev–Trinajstić information content (AvgIpc) is 2.60. The minimum atomic E-state index is 0.0529. The molecule has 144 valence electrons. The highest BCUT2D eigenvalue weighted by Gasteiger charge is 2.05. The van der Waals surface area contributed by atoms with Crippen molar-refractivity contribution in [3.8, 4) is 0 Å². The molecule has 0 aliphatic heterocycles. The molecule has 0 saturated carbocycles. The number of rotatable bonds is 18. The lowest BCUT2D eigenvalue weighted by atomic mass is 10.0. The molecule has 0 unspecified atom stereocenters. The number of nitrogens with one attached hydrogen (secondary N) is 1. The van der Waals surface area contributed by atoms with Crippen LogP contribution in [0.15, 0.2) is 0 Å². The zero-order valence-electron chi connectivity index (χ0n) is 16.3. The quantitative estimate of drug-likeness (QED) is 0.217. The van der Waals surface area contributed by atoms with E-state index in [0.717, 1.165) is 12.8 Å². The van der Waals surface area contributed by atoms with E-state index in [9.17, 15) is 4.79 Å². The Morgan fingerprint density at radius 2 is 1.17 bits per heavy atom. The van der Waals surface area contributed by atoms with Gasteiger partial charge in [0.25, 0.3) is 0 Å². The molecule has 0 atom stereocenters. The van der Waals surface area contributed by atoms with Gasteiger partial charge in [0, 0.05) is 6.42 Å². The summed E-state index contributed by atoms with van der Waals surface area (Å²) in [6, 6.07) is 0. The number of carbonyl (C=O) groups is 1. The first-order valence-electron chi connectivity index (χ1n) is 9.87. The van der Waals surface area contributed by atoms with Gasteiger partial charge in [0.15, 0.2) is 0 Å². The van der Waals surface area contributed by atoms with E-state index in [-0.39, 0.29) is 12.6 Å². The number of unbranched alkanes of at least 4 members (excludes halogenated alkanes) is 12. The summed E-state index contributed by atoms with van der Waals surface area (Å²) in [5.74, 6) is 0.0529. The molecule has 1 amide bonds. The molecule has 0 aromatic rings. The zero-order chi connectivity index (χ0) is 17.9. The first-order valence-corrected chi connectivity index (χ1v) is 9.87. The number of nitrogens with zero attached hydrogens (tertiary/aromatic N) is 1. The second-order valence-electron chi connectivity index (χ2n) is 6.45. The number of hydrogen-bond donors (Lipinski definition) is 1. The molecule has 0 spiro atoms. The smallest absolute Gasteiger partial charge is 0.221 e. The van der Waals surface area contributed by atoms with Gasteiger partial charge in [-0.1, -0.05) is 84.0 Å². The standard InChI is InChI=1S/C19H40N2O3/c1-4-5-6-7-8-9-10-11-12-13-14-15-16-17-19(22)20-18-21(23-2)24-3/h4-18H2,1-3H3,(H,20,22). The Morgan fingerprint density at radius 3 is 1.58 bits per heavy atom. The molecule has 0 aliphatic carbocycles. The van der Waals surface area contributed by atoms with Gasteiger partial charge in [0.2, 0.25) is 5.91 Å². The molecule has 0 saturated heterocycles. The predicted octanol–water partition coefficient (Wildman–Crippen LogP) is 4.97. The van der Waals surface area contributed by atoms with Crippen LogP contribution in [-0.4, -0.2) is 32.0 Å². The summed E-state index contributed by atoms with van der Waals surface area (Å²) in [4.78, 5) is 21.4. The zero-order valence-corrected chi connectivity index (χ0v) is 16.3. The molecule has 5 heteroatoms. The molecular weight excluding hydrogens is 304 g/mol. The molecule has 24 heavy (non-hydrogen) atoms. The van der Waals surface area contributed by atoms with Crippen molar-refractivity contribution in [1.29, 1.82) is 0 Å². The summed E-state index contributed by atoms with van der Waals surface area (Å²) in [7, 11) is 3.00. The normalized spacial score (nSPS) is 11.2. The minimum absolute atomic E-state index is 0.0529. The highest BCUT2D eigenvalue weighted by Crippen LogP contribution is 2.12. The SMILES string of the molecule is CCCCCCCCCCCCCCCC(=O)NCN(OC)OC. The maximum atomic E-state index is 11.6. The number of carbonyl (C=O) groups excluding carboxylic acids is 1. The summed E-state index contributed by atoms with van der Waals surface area (Å²) >= 11 is 0. The third-order valence-electron chi connectivity index (χ3n) is 4.32. The van der Waals surface area contributed by atoms with Gasteiger partial charge >= 0.3 is 0 Å². The first kappa shape index (κ1) is 23.4. The minimum Gasteiger partial charge on any atom is -0.339 e. The van der Waals surface area contributed by atoms with Crippen molar-refractivity contribution in [3.63, 3.8) is 0 Å². The van der Waals surface area contributed by atoms with Gasteiger partial charge in [0.05, 0.1) is 14.2 Å². The van der Waals surface area contributed by atoms with Crippen LogP contribution < -0.4 is 5.32 Å². The van der Waals surface area contributed by atoms with Crippen LogP contribution in [0.4, 0.5) is 0 Å². The summed E-state index contributed by atoms with van der Waals surface area (Å²) in [5.41, 5.74) is 0. The van der Waals surface area contributed by atoms with Crippen LogP contribution in [0.5, 0.6) is 0 Å². The van der Waals surface area contributed by atoms with E-state index in [1.807, 2.05) is 0 Å². The molecule has 0 radical (unpaired) electrons. The topological polar surface area (TPSA) is 50.8 Å². The van der Waals surface area contributed by atoms with Crippen LogP contribution in [0.2, 0.25) is 0 Å². The summed E-state index contributed by atoms with van der Waals surface area (Å²) in [5, 5.41) is 3.99. The predicted molar refractivity (Wildman–Crippen MR) is 99.2 cm³/mol. The summed E-state index contributed by atoms with van der Waals surface area (Å²) in [6.45, 7) is 2.52. The Labute approximate surface area is 149 Å². The maximum Gasteiger partial charge on any atom is 0.221 e. The Bertz CT molecular complexity index is 271. The van der Waals surface area contributed by atoms with E-state index in [1.54, 1.807) is 0 Å². The summed E-state index contributed by atoms with van der Waals surface area (Å²) < 4.78 is 0. The fraction of sp³-hybridized carbons (Fsp3) is 0.947. The van der Waals surface area contributed by atoms with Crippen molar-refractivity contribution in [2.24, 2.45) is 0 Å². The molecule has 0 heterocycles. The third kappa shape index (κ3) is 16.2. The van der Waals surface area contributed by atoms with Gasteiger partial charge in [-0.3, -0.25) is 14.5 Å². The van der Waals surface area contributed by atoms with E-state index in [4.69, 9.17) is 9.68 Å². The summed E-state index contributed by atoms with van der Waals surface area (Å²) in [6.07, 6.45) is 17.7. The lowest BCUT2D eigenvalue weighted by Gasteiger charge is -2.16. The second kappa shape index (κ2) is 18.7. The monoisotopic (exact) mass is 344 g/mol. The third-order valence-corrected chi connectivity index (χ3v) is 4.32. The molecule has 0 aromatic heterocycles. The van der Waals surface area contributed by atoms with E-state index >= 15 is 0 Å². The van der Waals surface area contributed by atoms with Gasteiger partial charge in [0.1, 0.15) is 6.67 Å². The van der Waals surface area contributed by atoms with Gasteiger partial charge in [-0.2, -0.15) is 0 Å². The first-order chi connectivity index (χ1) is 11.7. The Hall–Kier alpha value is -0.650. The fourth-order valence-electron chi connectivity index (χ4n) is 2.75. The highest BCUT2D eigenvalue weighted by molar-refractivity contribution is 5.75. The van der Waals surface area contributed by atoms with Crippen LogP contribution in [-0.2, 0) is 14.5 Å². The average molecular weight is 345 g/mol. The van der Waals surface area contributed by atoms with Crippen LogP contribution in [0.3, 0.4) is 0 Å². The van der Waals surface area contributed by atoms with Gasteiger partial charge in [-0.15, -0.1) is 0 Å². The molecule has 0 rings (SSSR count). The van der Waals surface area contributed by atoms with Crippen LogP contribution in [0.25, 0.3) is 0 Å². The Kier molecular flexibility index (Phi) is 18.2. The lowest BCUT2D eigenvalue weighted by molar-refractivity contribution is -0.344. The van der Waals surface area contributed by atoms with E-state index in [1.165, 1.54) is 90.1 Å². The van der Waals surface area contributed by atoms with Crippen molar-refractivity contribution >= 4 is 5.91 Å². The van der Waals surface area contributed by atoms with Gasteiger partial charge in [-0.05, 0) is 11.6 Å². The molecular formula is C19H40N2O3. The van der Waals surface area contributed by atoms with Crippen LogP contribution >= 0.6 is 0 Å². The molecule has 0 fully saturated rings. The van der Waals surface area contributed by atoms with Crippen molar-refractivity contribution in [3.05, 3.63) is 0 Å². The van der Waals surface area contributed by atoms with Crippen LogP contribution in [0.1, 0.15) is 96.8 Å². The van der Waals surface area contributed by atoms with Gasteiger partial charge < -0.3 is 5.32 Å².